The minimum absolute atomic E-state index is 0.796. The van der Waals surface area contributed by atoms with E-state index >= 15 is 0 Å². The summed E-state index contributed by atoms with van der Waals surface area (Å²) in [6.45, 7) is 2.26. The number of benzene rings is 1. The summed E-state index contributed by atoms with van der Waals surface area (Å²) < 4.78 is 12.0. The van der Waals surface area contributed by atoms with Crippen LogP contribution < -0.4 is 0 Å². The second kappa shape index (κ2) is 12.3. The maximum atomic E-state index is 12.0. The van der Waals surface area contributed by atoms with Crippen molar-refractivity contribution in [3.63, 3.8) is 0 Å². The molecule has 0 aromatic heterocycles. The number of rotatable bonds is 12. The molecule has 0 bridgehead atoms. The molecule has 0 spiro atoms. The van der Waals surface area contributed by atoms with Gasteiger partial charge in [0.25, 0.3) is 0 Å². The minimum atomic E-state index is -0.796. The van der Waals surface area contributed by atoms with Crippen LogP contribution in [0.15, 0.2) is 35.2 Å². The fourth-order valence-corrected chi connectivity index (χ4v) is 3.57. The summed E-state index contributed by atoms with van der Waals surface area (Å²) in [6.07, 6.45) is 13.3. The van der Waals surface area contributed by atoms with E-state index in [1.807, 2.05) is 30.3 Å². The predicted octanol–water partition coefficient (Wildman–Crippen LogP) is 5.72. The van der Waals surface area contributed by atoms with Crippen LogP contribution in [0.2, 0.25) is 0 Å². The maximum absolute atomic E-state index is 12.0. The van der Waals surface area contributed by atoms with Gasteiger partial charge in [0.05, 0.1) is 0 Å². The third-order valence-corrected chi connectivity index (χ3v) is 5.15. The van der Waals surface area contributed by atoms with Crippen molar-refractivity contribution in [2.24, 2.45) is 0 Å². The Morgan fingerprint density at radius 2 is 1.25 bits per heavy atom. The molecule has 0 heterocycles. The van der Waals surface area contributed by atoms with Gasteiger partial charge in [-0.05, 0) is 36.2 Å². The summed E-state index contributed by atoms with van der Waals surface area (Å²) >= 11 is -0.796. The Bertz CT molecular complexity index is 312. The second-order valence-electron chi connectivity index (χ2n) is 5.54. The molecule has 0 aliphatic carbocycles. The molecular weight excluding hydrogens is 264 g/mol. The average molecular weight is 295 g/mol. The number of hydrogen-bond acceptors (Lipinski definition) is 1. The van der Waals surface area contributed by atoms with E-state index in [1.165, 1.54) is 57.8 Å². The van der Waals surface area contributed by atoms with Crippen molar-refractivity contribution in [2.45, 2.75) is 76.0 Å². The van der Waals surface area contributed by atoms with Crippen molar-refractivity contribution in [1.29, 1.82) is 0 Å². The first-order valence-corrected chi connectivity index (χ1v) is 9.60. The van der Waals surface area contributed by atoms with Gasteiger partial charge in [-0.2, -0.15) is 0 Å². The molecular formula is C18H30OS. The molecule has 1 aromatic rings. The van der Waals surface area contributed by atoms with Crippen LogP contribution in [-0.4, -0.2) is 10.3 Å². The molecule has 0 aliphatic heterocycles. The molecule has 0 fully saturated rings. The summed E-state index contributed by atoms with van der Waals surface area (Å²) in [4.78, 5) is 0.975. The first-order valence-electron chi connectivity index (χ1n) is 8.28. The Morgan fingerprint density at radius 3 is 1.80 bits per heavy atom. The zero-order valence-corrected chi connectivity index (χ0v) is 13.8. The first kappa shape index (κ1) is 17.6. The molecule has 0 aliphatic rings. The van der Waals surface area contributed by atoms with Crippen LogP contribution in [0.4, 0.5) is 0 Å². The van der Waals surface area contributed by atoms with Crippen molar-refractivity contribution in [3.05, 3.63) is 30.3 Å². The zero-order valence-electron chi connectivity index (χ0n) is 13.0. The van der Waals surface area contributed by atoms with E-state index in [-0.39, 0.29) is 0 Å². The van der Waals surface area contributed by atoms with Crippen molar-refractivity contribution >= 4 is 11.2 Å². The summed E-state index contributed by atoms with van der Waals surface area (Å²) in [7, 11) is 0. The highest BCUT2D eigenvalue weighted by molar-refractivity contribution is 7.91. The molecule has 114 valence electrons. The Morgan fingerprint density at radius 1 is 0.750 bits per heavy atom. The fraction of sp³-hybridized carbons (Fsp3) is 0.667. The summed E-state index contributed by atoms with van der Waals surface area (Å²) in [5.41, 5.74) is 0. The highest BCUT2D eigenvalue weighted by atomic mass is 32.2. The Balaban J connectivity index is 1.90. The van der Waals surface area contributed by atoms with E-state index in [1.54, 1.807) is 0 Å². The molecule has 0 amide bonds. The lowest BCUT2D eigenvalue weighted by Gasteiger charge is -2.09. The monoisotopic (exact) mass is 294 g/mol. The molecule has 1 rings (SSSR count). The van der Waals surface area contributed by atoms with Gasteiger partial charge in [-0.3, -0.25) is 0 Å². The van der Waals surface area contributed by atoms with Crippen LogP contribution in [-0.2, 0) is 11.2 Å². The van der Waals surface area contributed by atoms with Gasteiger partial charge in [-0.1, -0.05) is 76.5 Å². The van der Waals surface area contributed by atoms with Crippen LogP contribution in [0, 0.1) is 0 Å². The minimum Gasteiger partial charge on any atom is -0.611 e. The lowest BCUT2D eigenvalue weighted by Crippen LogP contribution is -2.06. The summed E-state index contributed by atoms with van der Waals surface area (Å²) in [5.74, 6) is 0.820. The van der Waals surface area contributed by atoms with Crippen molar-refractivity contribution < 1.29 is 4.55 Å². The molecule has 0 N–H and O–H groups in total. The van der Waals surface area contributed by atoms with Crippen LogP contribution in [0.5, 0.6) is 0 Å². The molecule has 20 heavy (non-hydrogen) atoms. The Labute approximate surface area is 128 Å². The SMILES string of the molecule is CCCCCCCCCCCC[S+]([O-])c1ccccc1. The van der Waals surface area contributed by atoms with Crippen LogP contribution >= 0.6 is 0 Å². The van der Waals surface area contributed by atoms with E-state index < -0.39 is 11.2 Å². The van der Waals surface area contributed by atoms with Gasteiger partial charge < -0.3 is 4.55 Å². The normalized spacial score (nSPS) is 12.5. The molecule has 1 nitrogen and oxygen atoms in total. The fourth-order valence-electron chi connectivity index (χ4n) is 2.41. The van der Waals surface area contributed by atoms with Gasteiger partial charge in [-0.15, -0.1) is 0 Å². The van der Waals surface area contributed by atoms with Gasteiger partial charge in [0, 0.05) is 0 Å². The van der Waals surface area contributed by atoms with Gasteiger partial charge in [0.15, 0.2) is 4.90 Å². The largest absolute Gasteiger partial charge is 0.611 e. The van der Waals surface area contributed by atoms with E-state index in [0.717, 1.165) is 17.1 Å². The smallest absolute Gasteiger partial charge is 0.152 e. The third-order valence-electron chi connectivity index (χ3n) is 3.69. The van der Waals surface area contributed by atoms with Crippen LogP contribution in [0.3, 0.4) is 0 Å². The van der Waals surface area contributed by atoms with Gasteiger partial charge in [0.1, 0.15) is 5.75 Å². The van der Waals surface area contributed by atoms with Crippen LogP contribution in [0.25, 0.3) is 0 Å². The van der Waals surface area contributed by atoms with Crippen molar-refractivity contribution in [1.82, 2.24) is 0 Å². The van der Waals surface area contributed by atoms with E-state index in [4.69, 9.17) is 0 Å². The van der Waals surface area contributed by atoms with E-state index in [2.05, 4.69) is 6.92 Å². The molecule has 0 radical (unpaired) electrons. The predicted molar refractivity (Wildman–Crippen MR) is 89.6 cm³/mol. The van der Waals surface area contributed by atoms with Gasteiger partial charge >= 0.3 is 0 Å². The zero-order chi connectivity index (χ0) is 14.5. The van der Waals surface area contributed by atoms with Gasteiger partial charge in [-0.25, -0.2) is 0 Å². The molecule has 1 aromatic carbocycles. The summed E-state index contributed by atoms with van der Waals surface area (Å²) in [6, 6.07) is 9.83. The van der Waals surface area contributed by atoms with Crippen LogP contribution in [0.1, 0.15) is 71.1 Å². The van der Waals surface area contributed by atoms with E-state index in [9.17, 15) is 4.55 Å². The molecule has 0 saturated heterocycles. The second-order valence-corrected chi connectivity index (χ2v) is 7.12. The topological polar surface area (TPSA) is 23.1 Å². The molecule has 1 atom stereocenters. The standard InChI is InChI=1S/C18H30OS/c1-2-3-4-5-6-7-8-9-10-14-17-20(19)18-15-12-11-13-16-18/h11-13,15-16H,2-10,14,17H2,1H3. The Kier molecular flexibility index (Phi) is 10.8. The summed E-state index contributed by atoms with van der Waals surface area (Å²) in [5, 5.41) is 0. The highest BCUT2D eigenvalue weighted by Gasteiger charge is 2.08. The highest BCUT2D eigenvalue weighted by Crippen LogP contribution is 2.14. The van der Waals surface area contributed by atoms with Crippen molar-refractivity contribution in [3.8, 4) is 0 Å². The first-order chi connectivity index (χ1) is 9.84. The number of unbranched alkanes of at least 4 members (excludes halogenated alkanes) is 9. The average Bonchev–Trinajstić information content (AvgIpc) is 2.50. The van der Waals surface area contributed by atoms with E-state index in [0.29, 0.717) is 0 Å². The molecule has 0 saturated carbocycles. The Hall–Kier alpha value is -0.470. The third kappa shape index (κ3) is 8.65. The lowest BCUT2D eigenvalue weighted by atomic mass is 10.1. The van der Waals surface area contributed by atoms with Crippen molar-refractivity contribution in [2.75, 3.05) is 5.75 Å². The molecule has 2 heteroatoms. The molecule has 1 unspecified atom stereocenters. The lowest BCUT2D eigenvalue weighted by molar-refractivity contribution is 0.557. The van der Waals surface area contributed by atoms with Gasteiger partial charge in [0.2, 0.25) is 0 Å². The number of hydrogen-bond donors (Lipinski definition) is 0. The quantitative estimate of drug-likeness (QED) is 0.357. The maximum Gasteiger partial charge on any atom is 0.152 e.